The van der Waals surface area contributed by atoms with Gasteiger partial charge in [0.15, 0.2) is 5.82 Å². The lowest BCUT2D eigenvalue weighted by molar-refractivity contribution is 0.0691. The molecule has 1 aromatic heterocycles. The minimum absolute atomic E-state index is 0.0294. The maximum Gasteiger partial charge on any atom is 0.338 e. The molecule has 0 amide bonds. The largest absolute Gasteiger partial charge is 0.478 e. The standard InChI is InChI=1S/C6H2ClFINO2/c7-3-1-2(6(11)12)4(8)5(9)10-3/h1H,(H,11,12). The molecule has 0 fully saturated rings. The van der Waals surface area contributed by atoms with Crippen molar-refractivity contribution < 1.29 is 14.3 Å². The summed E-state index contributed by atoms with van der Waals surface area (Å²) in [7, 11) is 0. The van der Waals surface area contributed by atoms with Crippen molar-refractivity contribution in [2.45, 2.75) is 0 Å². The summed E-state index contributed by atoms with van der Waals surface area (Å²) in [5.74, 6) is -2.21. The lowest BCUT2D eigenvalue weighted by Gasteiger charge is -1.99. The van der Waals surface area contributed by atoms with Crippen LogP contribution in [-0.2, 0) is 0 Å². The van der Waals surface area contributed by atoms with Gasteiger partial charge < -0.3 is 5.11 Å². The summed E-state index contributed by atoms with van der Waals surface area (Å²) in [6.07, 6.45) is 0. The molecular formula is C6H2ClFINO2. The minimum Gasteiger partial charge on any atom is -0.478 e. The normalized spacial score (nSPS) is 9.92. The van der Waals surface area contributed by atoms with Crippen LogP contribution in [0.2, 0.25) is 5.15 Å². The predicted molar refractivity (Wildman–Crippen MR) is 48.9 cm³/mol. The highest BCUT2D eigenvalue weighted by Gasteiger charge is 2.15. The Bertz CT molecular complexity index is 345. The molecule has 6 heteroatoms. The summed E-state index contributed by atoms with van der Waals surface area (Å²) in [5.41, 5.74) is -0.459. The summed E-state index contributed by atoms with van der Waals surface area (Å²) in [4.78, 5) is 13.9. The lowest BCUT2D eigenvalue weighted by Crippen LogP contribution is -2.03. The van der Waals surface area contributed by atoms with Crippen molar-refractivity contribution >= 4 is 40.2 Å². The van der Waals surface area contributed by atoms with E-state index in [4.69, 9.17) is 16.7 Å². The molecule has 0 aliphatic heterocycles. The monoisotopic (exact) mass is 301 g/mol. The fraction of sp³-hybridized carbons (Fsp3) is 0. The number of nitrogens with zero attached hydrogens (tertiary/aromatic N) is 1. The number of aromatic carboxylic acids is 1. The first-order valence-electron chi connectivity index (χ1n) is 2.77. The van der Waals surface area contributed by atoms with Crippen LogP contribution in [0.5, 0.6) is 0 Å². The number of aromatic nitrogens is 1. The number of carboxylic acids is 1. The van der Waals surface area contributed by atoms with Crippen molar-refractivity contribution in [3.8, 4) is 0 Å². The summed E-state index contributed by atoms with van der Waals surface area (Å²) in [5, 5.41) is 8.46. The number of hydrogen-bond donors (Lipinski definition) is 1. The summed E-state index contributed by atoms with van der Waals surface area (Å²) >= 11 is 7.00. The number of pyridine rings is 1. The van der Waals surface area contributed by atoms with Crippen LogP contribution in [0, 0.1) is 9.52 Å². The van der Waals surface area contributed by atoms with Gasteiger partial charge in [-0.1, -0.05) is 11.6 Å². The second-order valence-corrected chi connectivity index (χ2v) is 3.31. The first kappa shape index (κ1) is 9.66. The molecule has 1 heterocycles. The second kappa shape index (κ2) is 3.53. The zero-order chi connectivity index (χ0) is 9.30. The Kier molecular flexibility index (Phi) is 2.84. The Morgan fingerprint density at radius 2 is 2.33 bits per heavy atom. The van der Waals surface area contributed by atoms with Gasteiger partial charge in [-0.2, -0.15) is 0 Å². The predicted octanol–water partition coefficient (Wildman–Crippen LogP) is 2.18. The third-order valence-corrected chi connectivity index (χ3v) is 2.02. The molecule has 0 aromatic carbocycles. The molecule has 0 atom stereocenters. The van der Waals surface area contributed by atoms with E-state index in [2.05, 4.69) is 4.98 Å². The van der Waals surface area contributed by atoms with Crippen LogP contribution in [0.25, 0.3) is 0 Å². The Hall–Kier alpha value is -0.430. The Labute approximate surface area is 85.7 Å². The van der Waals surface area contributed by atoms with Gasteiger partial charge >= 0.3 is 5.97 Å². The third-order valence-electron chi connectivity index (χ3n) is 1.12. The van der Waals surface area contributed by atoms with Crippen LogP contribution in [-0.4, -0.2) is 16.1 Å². The van der Waals surface area contributed by atoms with E-state index in [1.807, 2.05) is 0 Å². The molecule has 12 heavy (non-hydrogen) atoms. The van der Waals surface area contributed by atoms with Gasteiger partial charge in [0.25, 0.3) is 0 Å². The maximum absolute atomic E-state index is 12.9. The van der Waals surface area contributed by atoms with E-state index in [-0.39, 0.29) is 8.85 Å². The molecule has 64 valence electrons. The van der Waals surface area contributed by atoms with Crippen LogP contribution in [0.3, 0.4) is 0 Å². The SMILES string of the molecule is O=C(O)c1cc(Cl)nc(I)c1F. The zero-order valence-electron chi connectivity index (χ0n) is 5.51. The number of hydrogen-bond acceptors (Lipinski definition) is 2. The van der Waals surface area contributed by atoms with E-state index in [1.54, 1.807) is 22.6 Å². The average Bonchev–Trinajstić information content (AvgIpc) is 1.96. The first-order valence-corrected chi connectivity index (χ1v) is 4.23. The molecule has 1 rings (SSSR count). The van der Waals surface area contributed by atoms with Gasteiger partial charge in [0, 0.05) is 0 Å². The van der Waals surface area contributed by atoms with Gasteiger partial charge in [-0.25, -0.2) is 14.2 Å². The molecule has 0 aliphatic rings. The smallest absolute Gasteiger partial charge is 0.338 e. The van der Waals surface area contributed by atoms with Gasteiger partial charge in [0.2, 0.25) is 0 Å². The summed E-state index contributed by atoms with van der Waals surface area (Å²) < 4.78 is 12.9. The molecular weight excluding hydrogens is 299 g/mol. The number of carboxylic acid groups (broad SMARTS) is 1. The van der Waals surface area contributed by atoms with Gasteiger partial charge in [0.05, 0.1) is 0 Å². The topological polar surface area (TPSA) is 50.2 Å². The summed E-state index contributed by atoms with van der Waals surface area (Å²) in [6, 6.07) is 0.974. The van der Waals surface area contributed by atoms with E-state index >= 15 is 0 Å². The molecule has 0 bridgehead atoms. The highest BCUT2D eigenvalue weighted by molar-refractivity contribution is 14.1. The van der Waals surface area contributed by atoms with Crippen molar-refractivity contribution in [3.63, 3.8) is 0 Å². The highest BCUT2D eigenvalue weighted by atomic mass is 127. The van der Waals surface area contributed by atoms with Crippen molar-refractivity contribution in [1.82, 2.24) is 4.98 Å². The Balaban J connectivity index is 3.37. The molecule has 0 saturated heterocycles. The number of rotatable bonds is 1. The highest BCUT2D eigenvalue weighted by Crippen LogP contribution is 2.17. The van der Waals surface area contributed by atoms with Crippen molar-refractivity contribution in [2.24, 2.45) is 0 Å². The van der Waals surface area contributed by atoms with E-state index in [0.717, 1.165) is 6.07 Å². The average molecular weight is 301 g/mol. The Morgan fingerprint density at radius 3 is 2.83 bits per heavy atom. The van der Waals surface area contributed by atoms with Crippen LogP contribution in [0.4, 0.5) is 4.39 Å². The zero-order valence-corrected chi connectivity index (χ0v) is 8.43. The molecule has 0 unspecified atom stereocenters. The number of carbonyl (C=O) groups is 1. The maximum atomic E-state index is 12.9. The quantitative estimate of drug-likeness (QED) is 0.639. The molecule has 1 aromatic rings. The Morgan fingerprint density at radius 1 is 1.75 bits per heavy atom. The number of halogens is 3. The summed E-state index contributed by atoms with van der Waals surface area (Å²) in [6.45, 7) is 0. The van der Waals surface area contributed by atoms with Crippen molar-refractivity contribution in [3.05, 3.63) is 26.3 Å². The van der Waals surface area contributed by atoms with Crippen LogP contribution >= 0.6 is 34.2 Å². The fourth-order valence-corrected chi connectivity index (χ4v) is 1.51. The van der Waals surface area contributed by atoms with Gasteiger partial charge in [0.1, 0.15) is 14.4 Å². The van der Waals surface area contributed by atoms with Gasteiger partial charge in [-0.05, 0) is 28.7 Å². The van der Waals surface area contributed by atoms with Crippen molar-refractivity contribution in [1.29, 1.82) is 0 Å². The lowest BCUT2D eigenvalue weighted by atomic mass is 10.3. The van der Waals surface area contributed by atoms with E-state index in [9.17, 15) is 9.18 Å². The van der Waals surface area contributed by atoms with Crippen LogP contribution in [0.15, 0.2) is 6.07 Å². The van der Waals surface area contributed by atoms with Crippen molar-refractivity contribution in [2.75, 3.05) is 0 Å². The van der Waals surface area contributed by atoms with Crippen LogP contribution in [0.1, 0.15) is 10.4 Å². The molecule has 0 radical (unpaired) electrons. The molecule has 0 spiro atoms. The molecule has 1 N–H and O–H groups in total. The van der Waals surface area contributed by atoms with Gasteiger partial charge in [-0.3, -0.25) is 0 Å². The minimum atomic E-state index is -1.35. The second-order valence-electron chi connectivity index (χ2n) is 1.90. The van der Waals surface area contributed by atoms with Crippen LogP contribution < -0.4 is 0 Å². The fourth-order valence-electron chi connectivity index (χ4n) is 0.624. The molecule has 3 nitrogen and oxygen atoms in total. The van der Waals surface area contributed by atoms with Gasteiger partial charge in [-0.15, -0.1) is 0 Å². The molecule has 0 aliphatic carbocycles. The first-order chi connectivity index (χ1) is 5.52. The molecule has 0 saturated carbocycles. The van der Waals surface area contributed by atoms with E-state index in [1.165, 1.54) is 0 Å². The van der Waals surface area contributed by atoms with E-state index in [0.29, 0.717) is 0 Å². The third kappa shape index (κ3) is 1.84. The van der Waals surface area contributed by atoms with E-state index < -0.39 is 17.3 Å².